The molecule has 2 aromatic rings. The van der Waals surface area contributed by atoms with E-state index < -0.39 is 28.6 Å². The second-order valence-electron chi connectivity index (χ2n) is 8.10. The Morgan fingerprint density at radius 2 is 1.79 bits per heavy atom. The lowest BCUT2D eigenvalue weighted by Gasteiger charge is -2.34. The van der Waals surface area contributed by atoms with Gasteiger partial charge < -0.3 is 19.9 Å². The maximum absolute atomic E-state index is 15.6. The Hall–Kier alpha value is -2.68. The third-order valence-electron chi connectivity index (χ3n) is 5.58. The maximum atomic E-state index is 15.6. The summed E-state index contributed by atoms with van der Waals surface area (Å²) in [6, 6.07) is 0.966. The van der Waals surface area contributed by atoms with Crippen LogP contribution in [-0.2, 0) is 0 Å². The van der Waals surface area contributed by atoms with Gasteiger partial charge in [0.25, 0.3) is 0 Å². The first-order chi connectivity index (χ1) is 13.1. The van der Waals surface area contributed by atoms with Crippen molar-refractivity contribution in [1.82, 2.24) is 9.58 Å². The molecule has 0 saturated carbocycles. The van der Waals surface area contributed by atoms with E-state index in [4.69, 9.17) is 0 Å². The smallest absolute Gasteiger partial charge is 0.341 e. The molecule has 1 aromatic heterocycles. The molecule has 9 heteroatoms. The van der Waals surface area contributed by atoms with Crippen molar-refractivity contribution in [2.24, 2.45) is 0 Å². The van der Waals surface area contributed by atoms with Crippen LogP contribution in [0.5, 0.6) is 0 Å². The van der Waals surface area contributed by atoms with Crippen LogP contribution in [0.3, 0.4) is 0 Å². The average molecular weight is 392 g/mol. The predicted octanol–water partition coefficient (Wildman–Crippen LogP) is 1.46. The second kappa shape index (κ2) is 6.16. The van der Waals surface area contributed by atoms with Crippen LogP contribution < -0.4 is 15.3 Å². The highest BCUT2D eigenvalue weighted by molar-refractivity contribution is 5.94. The number of carboxylic acid groups (broad SMARTS) is 1. The van der Waals surface area contributed by atoms with Crippen LogP contribution in [0.25, 0.3) is 10.9 Å². The quantitative estimate of drug-likeness (QED) is 0.798. The topological polar surface area (TPSA) is 68.8 Å². The van der Waals surface area contributed by atoms with E-state index in [0.717, 1.165) is 12.3 Å². The van der Waals surface area contributed by atoms with Crippen molar-refractivity contribution in [2.75, 3.05) is 49.7 Å². The first kappa shape index (κ1) is 18.7. The molecule has 0 radical (unpaired) electrons. The van der Waals surface area contributed by atoms with Crippen molar-refractivity contribution < 1.29 is 18.7 Å². The zero-order valence-electron chi connectivity index (χ0n) is 16.0. The van der Waals surface area contributed by atoms with Gasteiger partial charge in [0.15, 0.2) is 5.82 Å². The second-order valence-corrected chi connectivity index (χ2v) is 8.10. The summed E-state index contributed by atoms with van der Waals surface area (Å²) < 4.78 is 31.8. The Labute approximate surface area is 160 Å². The normalized spacial score (nSPS) is 19.3. The van der Waals surface area contributed by atoms with Crippen LogP contribution in [0.1, 0.15) is 24.2 Å². The number of aromatic carboxylic acids is 1. The Morgan fingerprint density at radius 1 is 1.18 bits per heavy atom. The number of anilines is 1. The van der Waals surface area contributed by atoms with Crippen molar-refractivity contribution in [1.29, 1.82) is 0 Å². The van der Waals surface area contributed by atoms with Gasteiger partial charge in [-0.05, 0) is 27.0 Å². The number of likely N-dealkylation sites (N-methyl/N-ethyl adjacent to an activating group) is 1. The Kier molecular flexibility index (Phi) is 4.11. The van der Waals surface area contributed by atoms with E-state index >= 15 is 4.39 Å². The third-order valence-corrected chi connectivity index (χ3v) is 5.58. The molecule has 0 bridgehead atoms. The monoisotopic (exact) mass is 392 g/mol. The Morgan fingerprint density at radius 3 is 2.32 bits per heavy atom. The van der Waals surface area contributed by atoms with E-state index in [1.165, 1.54) is 4.68 Å². The molecule has 2 aliphatic heterocycles. The summed E-state index contributed by atoms with van der Waals surface area (Å²) in [5.41, 5.74) is -1.97. The van der Waals surface area contributed by atoms with Crippen LogP contribution in [0.2, 0.25) is 0 Å². The van der Waals surface area contributed by atoms with Crippen molar-refractivity contribution >= 4 is 22.6 Å². The number of pyridine rings is 1. The lowest BCUT2D eigenvalue weighted by atomic mass is 10.1. The van der Waals surface area contributed by atoms with E-state index in [9.17, 15) is 19.1 Å². The summed E-state index contributed by atoms with van der Waals surface area (Å²) in [5, 5.41) is 10.8. The number of fused-ring (bicyclic) bond motifs is 1. The molecule has 2 saturated heterocycles. The Balaban J connectivity index is 1.98. The van der Waals surface area contributed by atoms with E-state index in [2.05, 4.69) is 4.90 Å². The molecular formula is C19H22F2N4O3. The third kappa shape index (κ3) is 2.81. The van der Waals surface area contributed by atoms with E-state index in [-0.39, 0.29) is 22.1 Å². The fourth-order valence-electron chi connectivity index (χ4n) is 3.75. The van der Waals surface area contributed by atoms with Gasteiger partial charge in [0.2, 0.25) is 5.43 Å². The van der Waals surface area contributed by atoms with Crippen molar-refractivity contribution in [3.63, 3.8) is 0 Å². The van der Waals surface area contributed by atoms with Gasteiger partial charge in [0.1, 0.15) is 22.6 Å². The number of hydrogen-bond donors (Lipinski definition) is 1. The molecule has 0 amide bonds. The highest BCUT2D eigenvalue weighted by Crippen LogP contribution is 2.35. The molecule has 1 N–H and O–H groups in total. The molecule has 0 unspecified atom stereocenters. The summed E-state index contributed by atoms with van der Waals surface area (Å²) in [7, 11) is 1.94. The van der Waals surface area contributed by atoms with Gasteiger partial charge >= 0.3 is 5.97 Å². The summed E-state index contributed by atoms with van der Waals surface area (Å²) in [4.78, 5) is 27.8. The predicted molar refractivity (Wildman–Crippen MR) is 102 cm³/mol. The molecule has 3 heterocycles. The van der Waals surface area contributed by atoms with Crippen LogP contribution >= 0.6 is 0 Å². The number of piperazine rings is 1. The van der Waals surface area contributed by atoms with Crippen LogP contribution in [-0.4, -0.2) is 66.0 Å². The summed E-state index contributed by atoms with van der Waals surface area (Å²) in [5.74, 6) is -3.12. The standard InChI is InChI=1S/C19H22F2N4O3/c1-19(2)10-25(19)24-9-12(18(27)28)17(26)11-8-13(20)16(14(21)15(11)24)23-6-4-22(3)5-7-23/h8-9H,4-7,10H2,1-3H3,(H,27,28). The van der Waals surface area contributed by atoms with Gasteiger partial charge in [0.05, 0.1) is 17.5 Å². The first-order valence-electron chi connectivity index (χ1n) is 9.14. The van der Waals surface area contributed by atoms with Crippen molar-refractivity contribution in [3.05, 3.63) is 39.7 Å². The van der Waals surface area contributed by atoms with Crippen molar-refractivity contribution in [3.8, 4) is 0 Å². The van der Waals surface area contributed by atoms with Crippen LogP contribution in [0, 0.1) is 11.6 Å². The molecule has 28 heavy (non-hydrogen) atoms. The summed E-state index contributed by atoms with van der Waals surface area (Å²) in [6.07, 6.45) is 1.14. The van der Waals surface area contributed by atoms with Crippen molar-refractivity contribution in [2.45, 2.75) is 19.4 Å². The molecule has 4 rings (SSSR count). The largest absolute Gasteiger partial charge is 0.477 e. The first-order valence-corrected chi connectivity index (χ1v) is 9.14. The lowest BCUT2D eigenvalue weighted by Crippen LogP contribution is -2.45. The molecule has 7 nitrogen and oxygen atoms in total. The fourth-order valence-corrected chi connectivity index (χ4v) is 3.75. The molecule has 0 spiro atoms. The molecule has 2 fully saturated rings. The highest BCUT2D eigenvalue weighted by Gasteiger charge is 2.45. The number of aromatic nitrogens is 1. The van der Waals surface area contributed by atoms with Gasteiger partial charge in [-0.2, -0.15) is 0 Å². The minimum Gasteiger partial charge on any atom is -0.477 e. The zero-order chi connectivity index (χ0) is 20.4. The number of nitrogens with zero attached hydrogens (tertiary/aromatic N) is 4. The number of hydrogen-bond acceptors (Lipinski definition) is 5. The number of halogens is 2. The van der Waals surface area contributed by atoms with E-state index in [0.29, 0.717) is 32.7 Å². The van der Waals surface area contributed by atoms with Crippen LogP contribution in [0.4, 0.5) is 14.5 Å². The van der Waals surface area contributed by atoms with Gasteiger partial charge in [-0.25, -0.2) is 13.6 Å². The zero-order valence-corrected chi connectivity index (χ0v) is 16.0. The minimum absolute atomic E-state index is 0.0871. The molecule has 0 aliphatic carbocycles. The summed E-state index contributed by atoms with van der Waals surface area (Å²) >= 11 is 0. The fraction of sp³-hybridized carbons (Fsp3) is 0.474. The van der Waals surface area contributed by atoms with E-state index in [1.54, 1.807) is 9.91 Å². The van der Waals surface area contributed by atoms with Gasteiger partial charge in [-0.15, -0.1) is 0 Å². The highest BCUT2D eigenvalue weighted by atomic mass is 19.1. The van der Waals surface area contributed by atoms with Gasteiger partial charge in [-0.1, -0.05) is 0 Å². The minimum atomic E-state index is -1.43. The average Bonchev–Trinajstić information content (AvgIpc) is 3.25. The maximum Gasteiger partial charge on any atom is 0.341 e. The molecule has 0 atom stereocenters. The number of carbonyl (C=O) groups is 1. The number of carboxylic acids is 1. The SMILES string of the molecule is CN1CCN(c2c(F)cc3c(=O)c(C(=O)O)cn(N4CC4(C)C)c3c2F)CC1. The molecule has 150 valence electrons. The van der Waals surface area contributed by atoms with Crippen LogP contribution in [0.15, 0.2) is 17.1 Å². The molecule has 2 aliphatic rings. The van der Waals surface area contributed by atoms with E-state index in [1.807, 2.05) is 20.9 Å². The van der Waals surface area contributed by atoms with Gasteiger partial charge in [0, 0.05) is 32.4 Å². The van der Waals surface area contributed by atoms with Gasteiger partial charge in [-0.3, -0.25) is 9.47 Å². The Bertz CT molecular complexity index is 1040. The number of benzene rings is 1. The number of rotatable bonds is 3. The summed E-state index contributed by atoms with van der Waals surface area (Å²) in [6.45, 7) is 6.65. The molecule has 1 aromatic carbocycles. The molecular weight excluding hydrogens is 370 g/mol. The lowest BCUT2D eigenvalue weighted by molar-refractivity contribution is 0.0695.